The van der Waals surface area contributed by atoms with E-state index < -0.39 is 9.84 Å². The molecule has 3 aromatic rings. The molecule has 5 rings (SSSR count). The predicted octanol–water partition coefficient (Wildman–Crippen LogP) is 2.53. The Kier molecular flexibility index (Phi) is 7.09. The average molecular weight is 512 g/mol. The lowest BCUT2D eigenvalue weighted by molar-refractivity contribution is 0.0374. The summed E-state index contributed by atoms with van der Waals surface area (Å²) in [4.78, 5) is 20.7. The van der Waals surface area contributed by atoms with Gasteiger partial charge in [-0.05, 0) is 39.3 Å². The van der Waals surface area contributed by atoms with E-state index in [0.717, 1.165) is 50.4 Å². The number of morpholine rings is 1. The molecule has 2 aliphatic rings. The van der Waals surface area contributed by atoms with Crippen LogP contribution in [-0.4, -0.2) is 84.9 Å². The topological polar surface area (TPSA) is 106 Å². The zero-order valence-corrected chi connectivity index (χ0v) is 21.7. The Morgan fingerprint density at radius 3 is 2.61 bits per heavy atom. The first-order valence-electron chi connectivity index (χ1n) is 12.6. The summed E-state index contributed by atoms with van der Waals surface area (Å²) in [6, 6.07) is 9.55. The third-order valence-electron chi connectivity index (χ3n) is 7.02. The van der Waals surface area contributed by atoms with Gasteiger partial charge in [0.1, 0.15) is 0 Å². The van der Waals surface area contributed by atoms with Crippen molar-refractivity contribution < 1.29 is 17.9 Å². The van der Waals surface area contributed by atoms with Gasteiger partial charge in [-0.1, -0.05) is 29.8 Å². The van der Waals surface area contributed by atoms with Crippen LogP contribution in [0.25, 0.3) is 22.3 Å². The van der Waals surface area contributed by atoms with E-state index in [4.69, 9.17) is 9.72 Å². The van der Waals surface area contributed by atoms with Gasteiger partial charge in [0.2, 0.25) is 0 Å². The summed E-state index contributed by atoms with van der Waals surface area (Å²) in [5.74, 6) is 0.0222. The Hall–Kier alpha value is -2.82. The number of pyridine rings is 1. The molecule has 2 aromatic heterocycles. The molecule has 2 fully saturated rings. The zero-order valence-electron chi connectivity index (χ0n) is 20.9. The second kappa shape index (κ2) is 10.3. The average Bonchev–Trinajstić information content (AvgIpc) is 3.40. The number of carbonyl (C=O) groups excluding carboxylic acids is 1. The number of amides is 1. The molecule has 9 nitrogen and oxygen atoms in total. The van der Waals surface area contributed by atoms with Crippen LogP contribution in [0.15, 0.2) is 30.3 Å². The van der Waals surface area contributed by atoms with Crippen LogP contribution in [0.3, 0.4) is 0 Å². The first-order chi connectivity index (χ1) is 17.3. The number of aromatic nitrogens is 3. The first-order valence-corrected chi connectivity index (χ1v) is 14.4. The molecule has 4 heterocycles. The number of hydrogen-bond acceptors (Lipinski definition) is 7. The van der Waals surface area contributed by atoms with Gasteiger partial charge >= 0.3 is 0 Å². The fourth-order valence-corrected chi connectivity index (χ4v) is 6.70. The minimum absolute atomic E-state index is 0.0444. The van der Waals surface area contributed by atoms with Gasteiger partial charge in [0.15, 0.2) is 15.5 Å². The van der Waals surface area contributed by atoms with Crippen molar-refractivity contribution in [1.29, 1.82) is 0 Å². The van der Waals surface area contributed by atoms with Crippen LogP contribution < -0.4 is 5.32 Å². The number of sulfone groups is 1. The van der Waals surface area contributed by atoms with Crippen LogP contribution in [0, 0.1) is 13.8 Å². The molecule has 2 saturated heterocycles. The van der Waals surface area contributed by atoms with Gasteiger partial charge in [-0.15, -0.1) is 0 Å². The summed E-state index contributed by atoms with van der Waals surface area (Å²) >= 11 is 0. The van der Waals surface area contributed by atoms with E-state index in [2.05, 4.69) is 15.3 Å². The molecule has 1 unspecified atom stereocenters. The highest BCUT2D eigenvalue weighted by Gasteiger charge is 2.32. The number of ether oxygens (including phenoxy) is 1. The molecule has 36 heavy (non-hydrogen) atoms. The van der Waals surface area contributed by atoms with Crippen molar-refractivity contribution in [2.45, 2.75) is 32.7 Å². The third-order valence-corrected chi connectivity index (χ3v) is 8.77. The molecule has 0 bridgehead atoms. The molecule has 0 aliphatic carbocycles. The maximum atomic E-state index is 13.4. The monoisotopic (exact) mass is 511 g/mol. The molecular formula is C26H33N5O4S. The summed E-state index contributed by atoms with van der Waals surface area (Å²) in [6.45, 7) is 8.72. The Balaban J connectivity index is 1.46. The van der Waals surface area contributed by atoms with Crippen molar-refractivity contribution >= 4 is 26.8 Å². The van der Waals surface area contributed by atoms with Crippen LogP contribution in [-0.2, 0) is 14.6 Å². The summed E-state index contributed by atoms with van der Waals surface area (Å²) in [5, 5.41) is 8.44. The molecule has 1 aromatic carbocycles. The van der Waals surface area contributed by atoms with E-state index >= 15 is 0 Å². The molecular weight excluding hydrogens is 478 g/mol. The third kappa shape index (κ3) is 5.30. The normalized spacial score (nSPS) is 20.1. The molecule has 1 N–H and O–H groups in total. The standard InChI is InChI=1S/C26H33N5O4S/c1-18-4-6-20(7-5-18)23-16-22(26(32)27-9-3-10-30-11-13-35-14-12-30)24-19(2)29-31(25(24)28-23)21-8-15-36(33,34)17-21/h4-7,16,21H,3,8-15,17H2,1-2H3,(H,27,32). The Morgan fingerprint density at radius 2 is 1.92 bits per heavy atom. The quantitative estimate of drug-likeness (QED) is 0.486. The number of carbonyl (C=O) groups is 1. The number of nitrogens with zero attached hydrogens (tertiary/aromatic N) is 4. The number of fused-ring (bicyclic) bond motifs is 1. The maximum absolute atomic E-state index is 13.4. The van der Waals surface area contributed by atoms with E-state index in [1.807, 2.05) is 44.2 Å². The number of hydrogen-bond donors (Lipinski definition) is 1. The van der Waals surface area contributed by atoms with Crippen molar-refractivity contribution in [3.8, 4) is 11.3 Å². The number of rotatable bonds is 7. The fraction of sp³-hybridized carbons (Fsp3) is 0.500. The molecule has 0 saturated carbocycles. The SMILES string of the molecule is Cc1ccc(-c2cc(C(=O)NCCCN3CCOCC3)c3c(C)nn(C4CCS(=O)(=O)C4)c3n2)cc1. The summed E-state index contributed by atoms with van der Waals surface area (Å²) < 4.78 is 31.5. The second-order valence-electron chi connectivity index (χ2n) is 9.77. The van der Waals surface area contributed by atoms with Crippen molar-refractivity contribution in [2.75, 3.05) is 50.9 Å². The van der Waals surface area contributed by atoms with E-state index in [9.17, 15) is 13.2 Å². The maximum Gasteiger partial charge on any atom is 0.252 e. The Bertz CT molecular complexity index is 1360. The van der Waals surface area contributed by atoms with Crippen LogP contribution in [0.5, 0.6) is 0 Å². The smallest absolute Gasteiger partial charge is 0.252 e. The predicted molar refractivity (Wildman–Crippen MR) is 139 cm³/mol. The van der Waals surface area contributed by atoms with E-state index in [1.54, 1.807) is 4.68 Å². The zero-order chi connectivity index (χ0) is 25.3. The van der Waals surface area contributed by atoms with Gasteiger partial charge in [-0.3, -0.25) is 9.69 Å². The van der Waals surface area contributed by atoms with Gasteiger partial charge in [-0.2, -0.15) is 5.10 Å². The second-order valence-corrected chi connectivity index (χ2v) is 12.0. The van der Waals surface area contributed by atoms with E-state index in [-0.39, 0.29) is 23.5 Å². The van der Waals surface area contributed by atoms with Crippen molar-refractivity contribution in [2.24, 2.45) is 0 Å². The van der Waals surface area contributed by atoms with E-state index in [1.165, 1.54) is 0 Å². The van der Waals surface area contributed by atoms with Gasteiger partial charge in [0.25, 0.3) is 5.91 Å². The fourth-order valence-electron chi connectivity index (χ4n) is 5.01. The van der Waals surface area contributed by atoms with Crippen molar-refractivity contribution in [3.05, 3.63) is 47.2 Å². The van der Waals surface area contributed by atoms with Gasteiger partial charge < -0.3 is 10.1 Å². The molecule has 0 spiro atoms. The van der Waals surface area contributed by atoms with Crippen molar-refractivity contribution in [3.63, 3.8) is 0 Å². The van der Waals surface area contributed by atoms with Gasteiger partial charge in [0, 0.05) is 25.2 Å². The van der Waals surface area contributed by atoms with E-state index in [0.29, 0.717) is 41.0 Å². The van der Waals surface area contributed by atoms with Crippen molar-refractivity contribution in [1.82, 2.24) is 25.0 Å². The van der Waals surface area contributed by atoms with Crippen LogP contribution >= 0.6 is 0 Å². The lowest BCUT2D eigenvalue weighted by Gasteiger charge is -2.26. The highest BCUT2D eigenvalue weighted by Crippen LogP contribution is 2.32. The number of aryl methyl sites for hydroxylation is 2. The minimum atomic E-state index is -3.10. The number of nitrogens with one attached hydrogen (secondary N) is 1. The largest absolute Gasteiger partial charge is 0.379 e. The number of benzene rings is 1. The lowest BCUT2D eigenvalue weighted by Crippen LogP contribution is -2.38. The Labute approximate surface area is 211 Å². The molecule has 192 valence electrons. The summed E-state index contributed by atoms with van der Waals surface area (Å²) in [6.07, 6.45) is 1.35. The van der Waals surface area contributed by atoms with Crippen LogP contribution in [0.2, 0.25) is 0 Å². The highest BCUT2D eigenvalue weighted by atomic mass is 32.2. The molecule has 1 atom stereocenters. The summed E-state index contributed by atoms with van der Waals surface area (Å²) in [5.41, 5.74) is 4.46. The molecule has 1 amide bonds. The Morgan fingerprint density at radius 1 is 1.17 bits per heavy atom. The molecule has 2 aliphatic heterocycles. The molecule has 10 heteroatoms. The summed E-state index contributed by atoms with van der Waals surface area (Å²) in [7, 11) is -3.10. The lowest BCUT2D eigenvalue weighted by atomic mass is 10.0. The first kappa shape index (κ1) is 24.9. The van der Waals surface area contributed by atoms with Crippen LogP contribution in [0.1, 0.15) is 40.5 Å². The van der Waals surface area contributed by atoms with Gasteiger partial charge in [0.05, 0.1) is 53.1 Å². The highest BCUT2D eigenvalue weighted by molar-refractivity contribution is 7.91. The van der Waals surface area contributed by atoms with Gasteiger partial charge in [-0.25, -0.2) is 18.1 Å². The molecule has 0 radical (unpaired) electrons. The van der Waals surface area contributed by atoms with Crippen LogP contribution in [0.4, 0.5) is 0 Å². The minimum Gasteiger partial charge on any atom is -0.379 e.